The number of amides is 2. The van der Waals surface area contributed by atoms with Crippen LogP contribution in [0, 0.1) is 12.7 Å². The summed E-state index contributed by atoms with van der Waals surface area (Å²) in [5.41, 5.74) is 1.63. The maximum atomic E-state index is 15.5. The Morgan fingerprint density at radius 1 is 1.12 bits per heavy atom. The lowest BCUT2D eigenvalue weighted by atomic mass is 9.94. The number of fused-ring (bicyclic) bond motifs is 3. The van der Waals surface area contributed by atoms with Gasteiger partial charge in [-0.2, -0.15) is 12.7 Å². The topological polar surface area (TPSA) is 142 Å². The Labute approximate surface area is 288 Å². The lowest BCUT2D eigenvalue weighted by molar-refractivity contribution is 0.0726. The number of rotatable bonds is 9. The molecular weight excluding hydrogens is 681 g/mol. The molecule has 2 fully saturated rings. The van der Waals surface area contributed by atoms with Gasteiger partial charge < -0.3 is 23.7 Å². The van der Waals surface area contributed by atoms with E-state index < -0.39 is 33.5 Å². The van der Waals surface area contributed by atoms with Crippen LogP contribution in [0.5, 0.6) is 5.75 Å². The van der Waals surface area contributed by atoms with Crippen molar-refractivity contribution in [2.45, 2.75) is 44.9 Å². The fourth-order valence-electron chi connectivity index (χ4n) is 6.33. The number of ether oxygens (including phenoxy) is 2. The van der Waals surface area contributed by atoms with Crippen LogP contribution in [0.3, 0.4) is 0 Å². The number of hydrogen-bond donors (Lipinski definition) is 1. The molecule has 49 heavy (non-hydrogen) atoms. The highest BCUT2D eigenvalue weighted by Gasteiger charge is 2.34. The molecule has 1 aliphatic carbocycles. The van der Waals surface area contributed by atoms with Gasteiger partial charge in [0, 0.05) is 64.0 Å². The van der Waals surface area contributed by atoms with Gasteiger partial charge in [0.2, 0.25) is 0 Å². The first-order chi connectivity index (χ1) is 23.2. The van der Waals surface area contributed by atoms with Crippen LogP contribution in [0.2, 0.25) is 5.02 Å². The number of anilines is 1. The van der Waals surface area contributed by atoms with Gasteiger partial charge in [0.15, 0.2) is 0 Å². The summed E-state index contributed by atoms with van der Waals surface area (Å²) in [5.74, 6) is -2.99. The molecule has 0 bridgehead atoms. The molecule has 3 aliphatic rings. The minimum atomic E-state index is -4.18. The predicted octanol–water partition coefficient (Wildman–Crippen LogP) is 2.94. The van der Waals surface area contributed by atoms with E-state index in [0.717, 1.165) is 40.8 Å². The highest BCUT2D eigenvalue weighted by Crippen LogP contribution is 2.39. The Morgan fingerprint density at radius 2 is 1.86 bits per heavy atom. The molecule has 6 rings (SSSR count). The molecule has 1 atom stereocenters. The van der Waals surface area contributed by atoms with Crippen molar-refractivity contribution < 1.29 is 36.3 Å². The molecule has 264 valence electrons. The molecule has 2 aliphatic heterocycles. The number of halogens is 2. The summed E-state index contributed by atoms with van der Waals surface area (Å²) in [4.78, 5) is 45.9. The first-order valence-corrected chi connectivity index (χ1v) is 17.8. The molecular formula is C33H39ClFN5O8S. The van der Waals surface area contributed by atoms with Gasteiger partial charge in [-0.15, -0.1) is 0 Å². The van der Waals surface area contributed by atoms with Gasteiger partial charge in [0.05, 0.1) is 47.0 Å². The maximum Gasteiger partial charge on any atom is 0.341 e. The van der Waals surface area contributed by atoms with E-state index in [-0.39, 0.29) is 54.1 Å². The molecule has 2 amide bonds. The minimum Gasteiger partial charge on any atom is -0.490 e. The maximum absolute atomic E-state index is 15.5. The number of hydrogen-bond acceptors (Lipinski definition) is 10. The summed E-state index contributed by atoms with van der Waals surface area (Å²) in [6.07, 6.45) is 1.40. The third-order valence-electron chi connectivity index (χ3n) is 9.37. The zero-order valence-corrected chi connectivity index (χ0v) is 29.5. The minimum absolute atomic E-state index is 0.117. The van der Waals surface area contributed by atoms with Crippen LogP contribution < -0.4 is 20.0 Å². The van der Waals surface area contributed by atoms with Gasteiger partial charge in [0.1, 0.15) is 17.1 Å². The van der Waals surface area contributed by atoms with Crippen LogP contribution in [-0.2, 0) is 27.9 Å². The van der Waals surface area contributed by atoms with E-state index in [1.54, 1.807) is 7.11 Å². The zero-order chi connectivity index (χ0) is 35.4. The van der Waals surface area contributed by atoms with Crippen molar-refractivity contribution in [2.75, 3.05) is 65.9 Å². The van der Waals surface area contributed by atoms with E-state index in [1.165, 1.54) is 19.0 Å². The lowest BCUT2D eigenvalue weighted by Gasteiger charge is -2.41. The quantitative estimate of drug-likeness (QED) is 0.328. The van der Waals surface area contributed by atoms with Crippen molar-refractivity contribution in [2.24, 2.45) is 0 Å². The van der Waals surface area contributed by atoms with Crippen LogP contribution >= 0.6 is 11.6 Å². The van der Waals surface area contributed by atoms with E-state index >= 15 is 4.39 Å². The van der Waals surface area contributed by atoms with E-state index in [9.17, 15) is 22.8 Å². The molecule has 1 aromatic heterocycles. The monoisotopic (exact) mass is 719 g/mol. The number of methoxy groups -OCH3 is 1. The predicted molar refractivity (Wildman–Crippen MR) is 181 cm³/mol. The summed E-state index contributed by atoms with van der Waals surface area (Å²) in [5, 5.41) is 1.04. The molecule has 0 radical (unpaired) electrons. The first-order valence-electron chi connectivity index (χ1n) is 16.0. The second-order valence-corrected chi connectivity index (χ2v) is 15.2. The average molecular weight is 720 g/mol. The van der Waals surface area contributed by atoms with Crippen molar-refractivity contribution in [3.05, 3.63) is 67.3 Å². The largest absolute Gasteiger partial charge is 0.490 e. The molecule has 1 saturated carbocycles. The Morgan fingerprint density at radius 3 is 2.53 bits per heavy atom. The summed E-state index contributed by atoms with van der Waals surface area (Å²) in [6.45, 7) is 4.77. The van der Waals surface area contributed by atoms with Crippen LogP contribution in [-0.4, -0.2) is 108 Å². The molecule has 2 aromatic carbocycles. The van der Waals surface area contributed by atoms with Crippen molar-refractivity contribution in [3.8, 4) is 5.75 Å². The van der Waals surface area contributed by atoms with Crippen molar-refractivity contribution in [1.29, 1.82) is 0 Å². The van der Waals surface area contributed by atoms with Crippen LogP contribution in [0.25, 0.3) is 11.0 Å². The molecule has 1 N–H and O–H groups in total. The number of likely N-dealkylation sites (N-methyl/N-ethyl adjacent to an activating group) is 1. The van der Waals surface area contributed by atoms with Crippen molar-refractivity contribution in [3.63, 3.8) is 0 Å². The Bertz CT molecular complexity index is 2000. The first kappa shape index (κ1) is 35.1. The van der Waals surface area contributed by atoms with Crippen LogP contribution in [0.1, 0.15) is 50.2 Å². The van der Waals surface area contributed by atoms with E-state index in [2.05, 4.69) is 16.8 Å². The molecule has 0 unspecified atom stereocenters. The Hall–Kier alpha value is -3.76. The van der Waals surface area contributed by atoms with Gasteiger partial charge >= 0.3 is 15.8 Å². The number of piperazine rings is 1. The third kappa shape index (κ3) is 6.86. The fraction of sp³-hybridized carbons (Fsp3) is 0.485. The normalized spacial score (nSPS) is 18.6. The molecule has 16 heteroatoms. The second-order valence-electron chi connectivity index (χ2n) is 12.9. The second kappa shape index (κ2) is 13.5. The summed E-state index contributed by atoms with van der Waals surface area (Å²) in [7, 11) is 2.03. The van der Waals surface area contributed by atoms with Crippen LogP contribution in [0.15, 0.2) is 27.4 Å². The highest BCUT2D eigenvalue weighted by atomic mass is 35.5. The van der Waals surface area contributed by atoms with Gasteiger partial charge in [-0.3, -0.25) is 14.5 Å². The SMILES string of the molecule is COC[C@H]1CN(c2cc(Cl)c3c4c(c(=O)oc3c2C)CN(C(=O)c2cc(OC3CC3)c(C(=O)NS(=O)(=O)N(C)C)cc2F)CC4)CCN1C. The molecule has 13 nitrogen and oxygen atoms in total. The van der Waals surface area contributed by atoms with Gasteiger partial charge in [0.25, 0.3) is 11.8 Å². The van der Waals surface area contributed by atoms with E-state index in [4.69, 9.17) is 25.5 Å². The number of carbonyl (C=O) groups is 2. The number of nitrogens with one attached hydrogen (secondary N) is 1. The van der Waals surface area contributed by atoms with Crippen molar-refractivity contribution in [1.82, 2.24) is 18.8 Å². The van der Waals surface area contributed by atoms with E-state index in [1.807, 2.05) is 17.7 Å². The lowest BCUT2D eigenvalue weighted by Crippen LogP contribution is -2.53. The number of carbonyl (C=O) groups excluding carboxylic acids is 2. The van der Waals surface area contributed by atoms with Gasteiger partial charge in [-0.25, -0.2) is 13.9 Å². The van der Waals surface area contributed by atoms with E-state index in [0.29, 0.717) is 47.5 Å². The van der Waals surface area contributed by atoms with Crippen LogP contribution in [0.4, 0.5) is 10.1 Å². The van der Waals surface area contributed by atoms with Gasteiger partial charge in [-0.1, -0.05) is 11.6 Å². The van der Waals surface area contributed by atoms with Crippen molar-refractivity contribution >= 4 is 50.3 Å². The Balaban J connectivity index is 1.30. The number of aryl methyl sites for hydroxylation is 1. The summed E-state index contributed by atoms with van der Waals surface area (Å²) >= 11 is 6.91. The highest BCUT2D eigenvalue weighted by molar-refractivity contribution is 7.87. The molecule has 3 heterocycles. The third-order valence-corrected chi connectivity index (χ3v) is 11.1. The standard InChI is InChI=1S/C33H39ClFN5O8S/c1-18-27(39-11-10-38(4)19(15-39)17-46-5)14-25(34)29-21-8-9-40(16-24(21)33(43)48-30(18)29)32(42)22-13-28(47-20-6-7-20)23(12-26(22)35)31(41)36-49(44,45)37(2)3/h12-14,19-20H,6-11,15-17H2,1-5H3,(H,36,41)/t19-/m1/s1. The van der Waals surface area contributed by atoms with Gasteiger partial charge in [-0.05, 0) is 57.0 Å². The smallest absolute Gasteiger partial charge is 0.341 e. The Kier molecular flexibility index (Phi) is 9.67. The molecule has 1 saturated heterocycles. The number of benzene rings is 2. The summed E-state index contributed by atoms with van der Waals surface area (Å²) in [6, 6.07) is 3.98. The summed E-state index contributed by atoms with van der Waals surface area (Å²) < 4.78 is 59.9. The zero-order valence-electron chi connectivity index (χ0n) is 28.0. The fourth-order valence-corrected chi connectivity index (χ4v) is 7.16. The molecule has 3 aromatic rings. The molecule has 0 spiro atoms. The number of nitrogens with zero attached hydrogens (tertiary/aromatic N) is 4. The average Bonchev–Trinajstić information content (AvgIpc) is 3.88.